The van der Waals surface area contributed by atoms with Gasteiger partial charge in [-0.15, -0.1) is 0 Å². The zero-order chi connectivity index (χ0) is 12.4. The van der Waals surface area contributed by atoms with Gasteiger partial charge in [-0.2, -0.15) is 0 Å². The fourth-order valence-corrected chi connectivity index (χ4v) is 3.15. The van der Waals surface area contributed by atoms with Crippen LogP contribution in [0.25, 0.3) is 0 Å². The lowest BCUT2D eigenvalue weighted by atomic mass is 10.1. The Morgan fingerprint density at radius 3 is 2.72 bits per heavy atom. The monoisotopic (exact) mass is 247 g/mol. The Balaban J connectivity index is 1.77. The number of morpholine rings is 1. The molecule has 2 saturated heterocycles. The van der Waals surface area contributed by atoms with Gasteiger partial charge in [0.1, 0.15) is 0 Å². The largest absolute Gasteiger partial charge is 0.393 e. The first-order chi connectivity index (χ1) is 8.83. The molecule has 0 amide bonds. The fraction of sp³-hybridized carbons (Fsp3) is 0.600. The van der Waals surface area contributed by atoms with E-state index in [4.69, 9.17) is 4.74 Å². The Morgan fingerprint density at radius 1 is 1.11 bits per heavy atom. The normalized spacial score (nSPS) is 33.1. The molecule has 0 aromatic heterocycles. The van der Waals surface area contributed by atoms with Crippen molar-refractivity contribution in [3.8, 4) is 0 Å². The number of aliphatic hydroxyl groups excluding tert-OH is 1. The summed E-state index contributed by atoms with van der Waals surface area (Å²) in [5.74, 6) is 0. The Kier molecular flexibility index (Phi) is 3.64. The highest BCUT2D eigenvalue weighted by Gasteiger charge is 2.35. The lowest BCUT2D eigenvalue weighted by molar-refractivity contribution is -0.0544. The molecule has 3 nitrogen and oxygen atoms in total. The lowest BCUT2D eigenvalue weighted by Crippen LogP contribution is -2.50. The van der Waals surface area contributed by atoms with Gasteiger partial charge in [0.25, 0.3) is 0 Å². The molecule has 2 aliphatic rings. The molecule has 3 atom stereocenters. The summed E-state index contributed by atoms with van der Waals surface area (Å²) in [6.07, 6.45) is 2.66. The fourth-order valence-electron chi connectivity index (χ4n) is 3.15. The van der Waals surface area contributed by atoms with Crippen LogP contribution in [0.15, 0.2) is 30.3 Å². The van der Waals surface area contributed by atoms with Gasteiger partial charge in [-0.1, -0.05) is 30.3 Å². The molecule has 98 valence electrons. The number of benzene rings is 1. The third kappa shape index (κ3) is 2.58. The quantitative estimate of drug-likeness (QED) is 0.865. The molecule has 3 heteroatoms. The average Bonchev–Trinajstić information content (AvgIpc) is 2.48. The lowest BCUT2D eigenvalue weighted by Gasteiger charge is -2.40. The summed E-state index contributed by atoms with van der Waals surface area (Å²) in [6, 6.07) is 11.4. The first kappa shape index (κ1) is 12.2. The maximum absolute atomic E-state index is 9.94. The van der Waals surface area contributed by atoms with E-state index in [1.165, 1.54) is 5.56 Å². The molecular weight excluding hydrogens is 226 g/mol. The first-order valence-electron chi connectivity index (χ1n) is 6.88. The molecule has 18 heavy (non-hydrogen) atoms. The van der Waals surface area contributed by atoms with E-state index in [1.807, 2.05) is 0 Å². The molecule has 0 aliphatic carbocycles. The molecule has 2 aliphatic heterocycles. The summed E-state index contributed by atoms with van der Waals surface area (Å²) in [7, 11) is 0. The molecule has 1 N–H and O–H groups in total. The van der Waals surface area contributed by atoms with E-state index in [0.29, 0.717) is 12.1 Å². The van der Waals surface area contributed by atoms with E-state index in [9.17, 15) is 5.11 Å². The molecule has 1 aromatic rings. The zero-order valence-electron chi connectivity index (χ0n) is 10.7. The van der Waals surface area contributed by atoms with Crippen molar-refractivity contribution >= 4 is 0 Å². The van der Waals surface area contributed by atoms with Crippen molar-refractivity contribution in [3.63, 3.8) is 0 Å². The van der Waals surface area contributed by atoms with Crippen molar-refractivity contribution in [1.82, 2.24) is 4.90 Å². The maximum atomic E-state index is 9.94. The summed E-state index contributed by atoms with van der Waals surface area (Å²) < 4.78 is 5.68. The summed E-state index contributed by atoms with van der Waals surface area (Å²) in [6.45, 7) is 2.56. The van der Waals surface area contributed by atoms with Gasteiger partial charge < -0.3 is 9.84 Å². The number of aliphatic hydroxyl groups is 1. The Morgan fingerprint density at radius 2 is 1.89 bits per heavy atom. The Labute approximate surface area is 108 Å². The van der Waals surface area contributed by atoms with Gasteiger partial charge in [-0.3, -0.25) is 4.90 Å². The smallest absolute Gasteiger partial charge is 0.0623 e. The van der Waals surface area contributed by atoms with Gasteiger partial charge in [-0.05, 0) is 24.8 Å². The van der Waals surface area contributed by atoms with Gasteiger partial charge in [0.05, 0.1) is 19.3 Å². The van der Waals surface area contributed by atoms with E-state index < -0.39 is 0 Å². The topological polar surface area (TPSA) is 32.7 Å². The second kappa shape index (κ2) is 5.39. The van der Waals surface area contributed by atoms with Crippen molar-refractivity contribution in [1.29, 1.82) is 0 Å². The number of hydrogen-bond acceptors (Lipinski definition) is 3. The third-order valence-electron chi connectivity index (χ3n) is 4.14. The molecule has 3 unspecified atom stereocenters. The molecule has 2 heterocycles. The second-order valence-corrected chi connectivity index (χ2v) is 5.47. The van der Waals surface area contributed by atoms with Gasteiger partial charge in [0.15, 0.2) is 0 Å². The highest BCUT2D eigenvalue weighted by atomic mass is 16.5. The number of nitrogens with zero attached hydrogens (tertiary/aromatic N) is 1. The van der Waals surface area contributed by atoms with Crippen LogP contribution in [0, 0.1) is 0 Å². The van der Waals surface area contributed by atoms with Crippen LogP contribution in [0.4, 0.5) is 0 Å². The van der Waals surface area contributed by atoms with Gasteiger partial charge in [0.2, 0.25) is 0 Å². The second-order valence-electron chi connectivity index (χ2n) is 5.47. The van der Waals surface area contributed by atoms with Gasteiger partial charge in [-0.25, -0.2) is 0 Å². The van der Waals surface area contributed by atoms with E-state index >= 15 is 0 Å². The van der Waals surface area contributed by atoms with Crippen molar-refractivity contribution in [2.45, 2.75) is 44.0 Å². The Hall–Kier alpha value is -0.900. The molecule has 3 rings (SSSR count). The highest BCUT2D eigenvalue weighted by Crippen LogP contribution is 2.28. The summed E-state index contributed by atoms with van der Waals surface area (Å²) >= 11 is 0. The van der Waals surface area contributed by atoms with Crippen LogP contribution >= 0.6 is 0 Å². The standard InChI is InChI=1S/C15H21NO2/c17-15-7-6-13-10-18-11-14(8-15)16(13)9-12-4-2-1-3-5-12/h1-5,13-15,17H,6-11H2. The van der Waals surface area contributed by atoms with Crippen molar-refractivity contribution in [3.05, 3.63) is 35.9 Å². The van der Waals surface area contributed by atoms with Crippen LogP contribution < -0.4 is 0 Å². The molecule has 2 fully saturated rings. The van der Waals surface area contributed by atoms with E-state index in [0.717, 1.165) is 39.0 Å². The molecular formula is C15H21NO2. The van der Waals surface area contributed by atoms with E-state index in [1.54, 1.807) is 0 Å². The van der Waals surface area contributed by atoms with E-state index in [2.05, 4.69) is 35.2 Å². The van der Waals surface area contributed by atoms with Crippen LogP contribution in [0.1, 0.15) is 24.8 Å². The molecule has 0 spiro atoms. The maximum Gasteiger partial charge on any atom is 0.0623 e. The number of fused-ring (bicyclic) bond motifs is 2. The minimum Gasteiger partial charge on any atom is -0.393 e. The van der Waals surface area contributed by atoms with Crippen molar-refractivity contribution in [2.24, 2.45) is 0 Å². The highest BCUT2D eigenvalue weighted by molar-refractivity contribution is 5.15. The summed E-state index contributed by atoms with van der Waals surface area (Å²) in [5, 5.41) is 9.94. The minimum atomic E-state index is -0.153. The minimum absolute atomic E-state index is 0.153. The Bertz CT molecular complexity index is 381. The number of rotatable bonds is 2. The van der Waals surface area contributed by atoms with Crippen molar-refractivity contribution in [2.75, 3.05) is 13.2 Å². The van der Waals surface area contributed by atoms with Crippen LogP contribution in [0.5, 0.6) is 0 Å². The number of hydrogen-bond donors (Lipinski definition) is 1. The van der Waals surface area contributed by atoms with E-state index in [-0.39, 0.29) is 6.10 Å². The number of ether oxygens (including phenoxy) is 1. The summed E-state index contributed by atoms with van der Waals surface area (Å²) in [5.41, 5.74) is 1.35. The predicted molar refractivity (Wildman–Crippen MR) is 70.2 cm³/mol. The van der Waals surface area contributed by atoms with Crippen LogP contribution in [-0.4, -0.2) is 41.4 Å². The van der Waals surface area contributed by atoms with Crippen LogP contribution in [0.3, 0.4) is 0 Å². The van der Waals surface area contributed by atoms with Crippen LogP contribution in [-0.2, 0) is 11.3 Å². The first-order valence-corrected chi connectivity index (χ1v) is 6.88. The molecule has 0 saturated carbocycles. The third-order valence-corrected chi connectivity index (χ3v) is 4.14. The van der Waals surface area contributed by atoms with Crippen molar-refractivity contribution < 1.29 is 9.84 Å². The van der Waals surface area contributed by atoms with Gasteiger partial charge >= 0.3 is 0 Å². The van der Waals surface area contributed by atoms with Gasteiger partial charge in [0, 0.05) is 18.6 Å². The molecule has 0 radical (unpaired) electrons. The summed E-state index contributed by atoms with van der Waals surface area (Å²) in [4.78, 5) is 2.54. The van der Waals surface area contributed by atoms with Crippen LogP contribution in [0.2, 0.25) is 0 Å². The average molecular weight is 247 g/mol. The molecule has 2 bridgehead atoms. The zero-order valence-corrected chi connectivity index (χ0v) is 10.7. The SMILES string of the molecule is OC1CCC2COCC(C1)N2Cc1ccccc1. The molecule has 1 aromatic carbocycles. The predicted octanol–water partition coefficient (Wildman–Crippen LogP) is 1.80.